The highest BCUT2D eigenvalue weighted by atomic mass is 35.5. The summed E-state index contributed by atoms with van der Waals surface area (Å²) in [6.07, 6.45) is 0.928. The van der Waals surface area contributed by atoms with Gasteiger partial charge in [-0.3, -0.25) is 4.98 Å². The first-order chi connectivity index (χ1) is 16.2. The molecule has 1 aliphatic rings. The summed E-state index contributed by atoms with van der Waals surface area (Å²) in [4.78, 5) is 16.0. The molecular formula is C24H14ClF4N5. The number of amidine groups is 1. The quantitative estimate of drug-likeness (QED) is 0.398. The molecule has 34 heavy (non-hydrogen) atoms. The van der Waals surface area contributed by atoms with Gasteiger partial charge in [0.1, 0.15) is 29.2 Å². The Hall–Kier alpha value is -3.85. The Morgan fingerprint density at radius 3 is 2.38 bits per heavy atom. The number of hydrogen-bond acceptors (Lipinski definition) is 5. The number of aromatic nitrogens is 3. The number of hydrogen-bond donors (Lipinski definition) is 1. The summed E-state index contributed by atoms with van der Waals surface area (Å²) in [5, 5.41) is 0.0586. The van der Waals surface area contributed by atoms with Crippen molar-refractivity contribution in [2.45, 2.75) is 11.7 Å². The molecule has 2 aromatic heterocycles. The van der Waals surface area contributed by atoms with E-state index in [-0.39, 0.29) is 27.5 Å². The Labute approximate surface area is 196 Å². The van der Waals surface area contributed by atoms with Crippen LogP contribution >= 0.6 is 11.6 Å². The molecule has 5 nitrogen and oxygen atoms in total. The van der Waals surface area contributed by atoms with Crippen molar-refractivity contribution in [2.24, 2.45) is 10.7 Å². The molecule has 2 N–H and O–H groups in total. The van der Waals surface area contributed by atoms with Crippen molar-refractivity contribution in [3.8, 4) is 11.1 Å². The lowest BCUT2D eigenvalue weighted by atomic mass is 9.77. The van der Waals surface area contributed by atoms with Crippen molar-refractivity contribution in [1.29, 1.82) is 0 Å². The fraction of sp³-hybridized carbons (Fsp3) is 0.0833. The van der Waals surface area contributed by atoms with E-state index in [9.17, 15) is 17.6 Å². The average molecular weight is 484 g/mol. The Bertz CT molecular complexity index is 1440. The zero-order valence-corrected chi connectivity index (χ0v) is 17.9. The van der Waals surface area contributed by atoms with Crippen LogP contribution in [0.5, 0.6) is 0 Å². The first-order valence-corrected chi connectivity index (χ1v) is 10.3. The van der Waals surface area contributed by atoms with Crippen LogP contribution in [-0.2, 0) is 11.7 Å². The molecule has 4 aromatic rings. The molecule has 2 aromatic carbocycles. The van der Waals surface area contributed by atoms with Gasteiger partial charge in [0.25, 0.3) is 0 Å². The lowest BCUT2D eigenvalue weighted by molar-refractivity contribution is -0.141. The van der Waals surface area contributed by atoms with Gasteiger partial charge in [0.05, 0.1) is 5.56 Å². The number of pyridine rings is 1. The molecular weight excluding hydrogens is 470 g/mol. The van der Waals surface area contributed by atoms with E-state index < -0.39 is 23.2 Å². The van der Waals surface area contributed by atoms with Crippen molar-refractivity contribution in [2.75, 3.05) is 0 Å². The first-order valence-electron chi connectivity index (χ1n) is 9.95. The SMILES string of the molecule is NC1=NC(c2cccc(-c3cncnc3)c2)(c2ccnc(C(F)(F)F)c2)c2cc(Cl)cc(F)c21. The third-order valence-corrected chi connectivity index (χ3v) is 5.85. The summed E-state index contributed by atoms with van der Waals surface area (Å²) in [5.41, 5.74) is 5.58. The highest BCUT2D eigenvalue weighted by molar-refractivity contribution is 6.31. The molecule has 1 aliphatic heterocycles. The van der Waals surface area contributed by atoms with E-state index >= 15 is 0 Å². The van der Waals surface area contributed by atoms with Crippen LogP contribution in [0.3, 0.4) is 0 Å². The molecule has 0 bridgehead atoms. The fourth-order valence-corrected chi connectivity index (χ4v) is 4.41. The molecule has 0 saturated carbocycles. The monoisotopic (exact) mass is 483 g/mol. The van der Waals surface area contributed by atoms with E-state index in [2.05, 4.69) is 19.9 Å². The minimum Gasteiger partial charge on any atom is -0.383 e. The Balaban J connectivity index is 1.84. The number of nitrogens with two attached hydrogens (primary N) is 1. The highest BCUT2D eigenvalue weighted by Crippen LogP contribution is 2.48. The zero-order chi connectivity index (χ0) is 24.1. The van der Waals surface area contributed by atoms with E-state index in [4.69, 9.17) is 17.3 Å². The Morgan fingerprint density at radius 1 is 0.912 bits per heavy atom. The maximum absolute atomic E-state index is 14.9. The molecule has 0 radical (unpaired) electrons. The molecule has 0 amide bonds. The minimum absolute atomic E-state index is 0.0109. The maximum Gasteiger partial charge on any atom is 0.433 e. The van der Waals surface area contributed by atoms with Crippen molar-refractivity contribution < 1.29 is 17.6 Å². The van der Waals surface area contributed by atoms with Crippen molar-refractivity contribution in [1.82, 2.24) is 15.0 Å². The number of nitrogens with zero attached hydrogens (tertiary/aromatic N) is 4. The van der Waals surface area contributed by atoms with Crippen molar-refractivity contribution in [3.05, 3.63) is 112 Å². The second kappa shape index (κ2) is 7.88. The average Bonchev–Trinajstić information content (AvgIpc) is 3.12. The molecule has 3 heterocycles. The molecule has 0 fully saturated rings. The standard InChI is InChI=1S/C24H14ClF4N5/c25-17-8-18-21(19(26)9-17)22(30)34-23(18,16-4-5-33-20(7-16)24(27,28)29)15-3-1-2-13(6-15)14-10-31-12-32-11-14/h1-12H,(H2,30,34). The van der Waals surface area contributed by atoms with Crippen LogP contribution < -0.4 is 5.73 Å². The number of fused-ring (bicyclic) bond motifs is 1. The molecule has 1 atom stereocenters. The summed E-state index contributed by atoms with van der Waals surface area (Å²) < 4.78 is 55.6. The Morgan fingerprint density at radius 2 is 1.65 bits per heavy atom. The van der Waals surface area contributed by atoms with Gasteiger partial charge in [0.2, 0.25) is 0 Å². The van der Waals surface area contributed by atoms with Crippen LogP contribution in [0.25, 0.3) is 11.1 Å². The predicted octanol–water partition coefficient (Wildman–Crippen LogP) is 5.36. The van der Waals surface area contributed by atoms with E-state index in [1.807, 2.05) is 0 Å². The summed E-state index contributed by atoms with van der Waals surface area (Å²) >= 11 is 6.17. The topological polar surface area (TPSA) is 77.0 Å². The molecule has 10 heteroatoms. The van der Waals surface area contributed by atoms with Crippen LogP contribution in [0.15, 0.2) is 78.4 Å². The van der Waals surface area contributed by atoms with E-state index in [0.29, 0.717) is 16.7 Å². The predicted molar refractivity (Wildman–Crippen MR) is 119 cm³/mol. The van der Waals surface area contributed by atoms with Gasteiger partial charge in [-0.05, 0) is 47.0 Å². The van der Waals surface area contributed by atoms with Gasteiger partial charge in [-0.2, -0.15) is 13.2 Å². The largest absolute Gasteiger partial charge is 0.433 e. The highest BCUT2D eigenvalue weighted by Gasteiger charge is 2.46. The third-order valence-electron chi connectivity index (χ3n) is 5.63. The smallest absolute Gasteiger partial charge is 0.383 e. The fourth-order valence-electron chi connectivity index (χ4n) is 4.21. The van der Waals surface area contributed by atoms with Crippen LogP contribution in [0.1, 0.15) is 27.9 Å². The summed E-state index contributed by atoms with van der Waals surface area (Å²) in [6.45, 7) is 0. The molecule has 5 rings (SSSR count). The number of benzene rings is 2. The van der Waals surface area contributed by atoms with Crippen LogP contribution in [0.2, 0.25) is 5.02 Å². The van der Waals surface area contributed by atoms with E-state index in [1.165, 1.54) is 18.5 Å². The second-order valence-electron chi connectivity index (χ2n) is 7.65. The maximum atomic E-state index is 14.9. The lowest BCUT2D eigenvalue weighted by Crippen LogP contribution is -2.26. The summed E-state index contributed by atoms with van der Waals surface area (Å²) in [7, 11) is 0. The second-order valence-corrected chi connectivity index (χ2v) is 8.09. The number of halogens is 5. The molecule has 0 aliphatic carbocycles. The van der Waals surface area contributed by atoms with Gasteiger partial charge in [-0.25, -0.2) is 19.4 Å². The van der Waals surface area contributed by atoms with Crippen molar-refractivity contribution in [3.63, 3.8) is 0 Å². The third kappa shape index (κ3) is 3.49. The number of alkyl halides is 3. The molecule has 170 valence electrons. The van der Waals surface area contributed by atoms with Gasteiger partial charge >= 0.3 is 6.18 Å². The van der Waals surface area contributed by atoms with Gasteiger partial charge in [0, 0.05) is 34.7 Å². The van der Waals surface area contributed by atoms with Gasteiger partial charge in [0.15, 0.2) is 0 Å². The van der Waals surface area contributed by atoms with Crippen LogP contribution in [-0.4, -0.2) is 20.8 Å². The van der Waals surface area contributed by atoms with E-state index in [1.54, 1.807) is 36.7 Å². The number of rotatable bonds is 3. The summed E-state index contributed by atoms with van der Waals surface area (Å²) in [5.74, 6) is -0.869. The van der Waals surface area contributed by atoms with Crippen LogP contribution in [0.4, 0.5) is 17.6 Å². The summed E-state index contributed by atoms with van der Waals surface area (Å²) in [6, 6.07) is 11.8. The minimum atomic E-state index is -4.70. The van der Waals surface area contributed by atoms with E-state index in [0.717, 1.165) is 18.3 Å². The van der Waals surface area contributed by atoms with Gasteiger partial charge < -0.3 is 5.73 Å². The normalized spacial score (nSPS) is 17.4. The van der Waals surface area contributed by atoms with Crippen LogP contribution in [0, 0.1) is 5.82 Å². The number of aliphatic imine (C=N–C) groups is 1. The van der Waals surface area contributed by atoms with Crippen molar-refractivity contribution >= 4 is 17.4 Å². The Kier molecular flexibility index (Phi) is 5.09. The molecule has 0 spiro atoms. The van der Waals surface area contributed by atoms with Gasteiger partial charge in [-0.15, -0.1) is 0 Å². The molecule has 0 saturated heterocycles. The lowest BCUT2D eigenvalue weighted by Gasteiger charge is -2.30. The zero-order valence-electron chi connectivity index (χ0n) is 17.2. The molecule has 1 unspecified atom stereocenters. The first kappa shape index (κ1) is 22.0. The van der Waals surface area contributed by atoms with Gasteiger partial charge in [-0.1, -0.05) is 29.8 Å².